The van der Waals surface area contributed by atoms with Crippen molar-refractivity contribution in [3.63, 3.8) is 0 Å². The summed E-state index contributed by atoms with van der Waals surface area (Å²) in [7, 11) is 1.88. The lowest BCUT2D eigenvalue weighted by Gasteiger charge is -2.03. The fourth-order valence-corrected chi connectivity index (χ4v) is 1.41. The largest absolute Gasteiger partial charge is 0.378 e. The van der Waals surface area contributed by atoms with Crippen LogP contribution in [0, 0.1) is 11.3 Å². The van der Waals surface area contributed by atoms with Gasteiger partial charge in [-0.1, -0.05) is 12.1 Å². The molecule has 2 rings (SSSR count). The number of nitriles is 1. The monoisotopic (exact) mass is 212 g/mol. The maximum atomic E-state index is 8.66. The Hall–Kier alpha value is -2.28. The van der Waals surface area contributed by atoms with E-state index < -0.39 is 0 Å². The van der Waals surface area contributed by atoms with Gasteiger partial charge in [0, 0.05) is 19.8 Å². The molecule has 1 heterocycles. The first-order valence-corrected chi connectivity index (χ1v) is 4.99. The Morgan fingerprint density at radius 3 is 2.69 bits per heavy atom. The SMILES string of the molecule is Cn1cc(NCc2ccc(C#N)cc2)cn1. The summed E-state index contributed by atoms with van der Waals surface area (Å²) in [6, 6.07) is 9.63. The molecule has 0 aliphatic carbocycles. The van der Waals surface area contributed by atoms with Crippen LogP contribution >= 0.6 is 0 Å². The molecule has 0 atom stereocenters. The molecular weight excluding hydrogens is 200 g/mol. The van der Waals surface area contributed by atoms with E-state index in [4.69, 9.17) is 5.26 Å². The summed E-state index contributed by atoms with van der Waals surface area (Å²) in [4.78, 5) is 0. The van der Waals surface area contributed by atoms with Gasteiger partial charge in [0.25, 0.3) is 0 Å². The third-order valence-corrected chi connectivity index (χ3v) is 2.28. The normalized spacial score (nSPS) is 9.75. The lowest BCUT2D eigenvalue weighted by molar-refractivity contribution is 0.768. The fourth-order valence-electron chi connectivity index (χ4n) is 1.41. The van der Waals surface area contributed by atoms with Crippen LogP contribution in [0.2, 0.25) is 0 Å². The molecule has 0 aliphatic rings. The van der Waals surface area contributed by atoms with Gasteiger partial charge in [0.1, 0.15) is 0 Å². The molecular formula is C12H12N4. The van der Waals surface area contributed by atoms with Crippen LogP contribution < -0.4 is 5.32 Å². The highest BCUT2D eigenvalue weighted by molar-refractivity contribution is 5.40. The molecule has 0 radical (unpaired) electrons. The van der Waals surface area contributed by atoms with E-state index in [2.05, 4.69) is 16.5 Å². The first kappa shape index (κ1) is 10.2. The Morgan fingerprint density at radius 1 is 1.38 bits per heavy atom. The molecule has 1 N–H and O–H groups in total. The zero-order valence-electron chi connectivity index (χ0n) is 9.01. The van der Waals surface area contributed by atoms with Crippen LogP contribution in [-0.4, -0.2) is 9.78 Å². The number of rotatable bonds is 3. The van der Waals surface area contributed by atoms with Crippen molar-refractivity contribution in [1.29, 1.82) is 5.26 Å². The summed E-state index contributed by atoms with van der Waals surface area (Å²) in [5, 5.41) is 16.0. The van der Waals surface area contributed by atoms with Crippen LogP contribution in [0.3, 0.4) is 0 Å². The molecule has 1 aromatic heterocycles. The molecule has 0 unspecified atom stereocenters. The number of nitrogens with one attached hydrogen (secondary N) is 1. The van der Waals surface area contributed by atoms with Crippen LogP contribution in [-0.2, 0) is 13.6 Å². The number of aryl methyl sites for hydroxylation is 1. The zero-order valence-corrected chi connectivity index (χ0v) is 9.01. The summed E-state index contributed by atoms with van der Waals surface area (Å²) in [5.41, 5.74) is 2.82. The zero-order chi connectivity index (χ0) is 11.4. The third-order valence-electron chi connectivity index (χ3n) is 2.28. The molecule has 0 bridgehead atoms. The van der Waals surface area contributed by atoms with E-state index in [1.807, 2.05) is 37.5 Å². The van der Waals surface area contributed by atoms with Crippen molar-refractivity contribution >= 4 is 5.69 Å². The second-order valence-corrected chi connectivity index (χ2v) is 3.56. The van der Waals surface area contributed by atoms with Gasteiger partial charge < -0.3 is 5.32 Å². The van der Waals surface area contributed by atoms with E-state index in [0.29, 0.717) is 5.56 Å². The van der Waals surface area contributed by atoms with Crippen molar-refractivity contribution < 1.29 is 0 Å². The van der Waals surface area contributed by atoms with Gasteiger partial charge in [0.05, 0.1) is 23.5 Å². The van der Waals surface area contributed by atoms with E-state index in [1.54, 1.807) is 10.9 Å². The Morgan fingerprint density at radius 2 is 2.12 bits per heavy atom. The molecule has 0 amide bonds. The number of anilines is 1. The molecule has 0 aliphatic heterocycles. The molecule has 80 valence electrons. The number of hydrogen-bond donors (Lipinski definition) is 1. The first-order chi connectivity index (χ1) is 7.78. The average Bonchev–Trinajstić information content (AvgIpc) is 2.73. The Balaban J connectivity index is 1.97. The molecule has 0 saturated heterocycles. The van der Waals surface area contributed by atoms with Gasteiger partial charge in [-0.15, -0.1) is 0 Å². The van der Waals surface area contributed by atoms with Gasteiger partial charge in [-0.3, -0.25) is 4.68 Å². The Bertz CT molecular complexity index is 505. The third kappa shape index (κ3) is 2.39. The topological polar surface area (TPSA) is 53.6 Å². The van der Waals surface area contributed by atoms with Crippen molar-refractivity contribution in [3.8, 4) is 6.07 Å². The molecule has 4 heteroatoms. The fraction of sp³-hybridized carbons (Fsp3) is 0.167. The van der Waals surface area contributed by atoms with Crippen molar-refractivity contribution in [2.75, 3.05) is 5.32 Å². The average molecular weight is 212 g/mol. The first-order valence-electron chi connectivity index (χ1n) is 4.99. The maximum absolute atomic E-state index is 8.66. The van der Waals surface area contributed by atoms with E-state index in [-0.39, 0.29) is 0 Å². The minimum Gasteiger partial charge on any atom is -0.378 e. The molecule has 0 spiro atoms. The number of hydrogen-bond acceptors (Lipinski definition) is 3. The standard InChI is InChI=1S/C12H12N4/c1-16-9-12(8-15-16)14-7-11-4-2-10(6-13)3-5-11/h2-5,8-9,14H,7H2,1H3. The number of aromatic nitrogens is 2. The van der Waals surface area contributed by atoms with E-state index in [9.17, 15) is 0 Å². The smallest absolute Gasteiger partial charge is 0.0991 e. The predicted molar refractivity (Wildman–Crippen MR) is 61.7 cm³/mol. The summed E-state index contributed by atoms with van der Waals surface area (Å²) in [5.74, 6) is 0. The van der Waals surface area contributed by atoms with Crippen LogP contribution in [0.1, 0.15) is 11.1 Å². The lowest BCUT2D eigenvalue weighted by atomic mass is 10.1. The maximum Gasteiger partial charge on any atom is 0.0991 e. The second kappa shape index (κ2) is 4.49. The molecule has 1 aromatic carbocycles. The Kier molecular flexibility index (Phi) is 2.88. The highest BCUT2D eigenvalue weighted by Crippen LogP contribution is 2.08. The van der Waals surface area contributed by atoms with Gasteiger partial charge in [0.15, 0.2) is 0 Å². The van der Waals surface area contributed by atoms with E-state index >= 15 is 0 Å². The molecule has 2 aromatic rings. The second-order valence-electron chi connectivity index (χ2n) is 3.56. The Labute approximate surface area is 94.1 Å². The van der Waals surface area contributed by atoms with Gasteiger partial charge in [-0.25, -0.2) is 0 Å². The molecule has 0 fully saturated rings. The van der Waals surface area contributed by atoms with Crippen molar-refractivity contribution in [1.82, 2.24) is 9.78 Å². The van der Waals surface area contributed by atoms with E-state index in [0.717, 1.165) is 17.8 Å². The van der Waals surface area contributed by atoms with Crippen molar-refractivity contribution in [2.45, 2.75) is 6.54 Å². The quantitative estimate of drug-likeness (QED) is 0.845. The van der Waals surface area contributed by atoms with E-state index in [1.165, 1.54) is 0 Å². The van der Waals surface area contributed by atoms with Crippen molar-refractivity contribution in [3.05, 3.63) is 47.8 Å². The summed E-state index contributed by atoms with van der Waals surface area (Å²) in [6.45, 7) is 0.734. The molecule has 0 saturated carbocycles. The van der Waals surface area contributed by atoms with Crippen molar-refractivity contribution in [2.24, 2.45) is 7.05 Å². The summed E-state index contributed by atoms with van der Waals surface area (Å²) >= 11 is 0. The highest BCUT2D eigenvalue weighted by atomic mass is 15.3. The van der Waals surface area contributed by atoms with Crippen LogP contribution in [0.4, 0.5) is 5.69 Å². The number of benzene rings is 1. The summed E-state index contributed by atoms with van der Waals surface area (Å²) < 4.78 is 1.75. The van der Waals surface area contributed by atoms with Gasteiger partial charge in [-0.05, 0) is 17.7 Å². The highest BCUT2D eigenvalue weighted by Gasteiger charge is 1.96. The predicted octanol–water partition coefficient (Wildman–Crippen LogP) is 1.90. The minimum absolute atomic E-state index is 0.685. The minimum atomic E-state index is 0.685. The van der Waals surface area contributed by atoms with Gasteiger partial charge in [-0.2, -0.15) is 10.4 Å². The summed E-state index contributed by atoms with van der Waals surface area (Å²) in [6.07, 6.45) is 3.70. The van der Waals surface area contributed by atoms with Gasteiger partial charge in [0.2, 0.25) is 0 Å². The molecule has 16 heavy (non-hydrogen) atoms. The number of nitrogens with zero attached hydrogens (tertiary/aromatic N) is 3. The van der Waals surface area contributed by atoms with Crippen LogP contribution in [0.15, 0.2) is 36.7 Å². The lowest BCUT2D eigenvalue weighted by Crippen LogP contribution is -1.98. The van der Waals surface area contributed by atoms with Gasteiger partial charge >= 0.3 is 0 Å². The van der Waals surface area contributed by atoms with Crippen LogP contribution in [0.5, 0.6) is 0 Å². The molecule has 4 nitrogen and oxygen atoms in total. The van der Waals surface area contributed by atoms with Crippen LogP contribution in [0.25, 0.3) is 0 Å².